The number of hydrogen-bond donors (Lipinski definition) is 3. The Morgan fingerprint density at radius 3 is 3.10 bits per heavy atom. The summed E-state index contributed by atoms with van der Waals surface area (Å²) in [6.07, 6.45) is 0. The van der Waals surface area contributed by atoms with Gasteiger partial charge in [-0.2, -0.15) is 0 Å². The molecule has 1 aliphatic rings. The van der Waals surface area contributed by atoms with Crippen molar-refractivity contribution in [1.29, 1.82) is 0 Å². The van der Waals surface area contributed by atoms with Crippen molar-refractivity contribution >= 4 is 28.2 Å². The lowest BCUT2D eigenvalue weighted by atomic mass is 10.2. The molecule has 7 nitrogen and oxygen atoms in total. The third-order valence-electron chi connectivity index (χ3n) is 3.21. The minimum atomic E-state index is -0.320. The van der Waals surface area contributed by atoms with E-state index in [4.69, 9.17) is 10.5 Å². The number of ether oxygens (including phenoxy) is 1. The van der Waals surface area contributed by atoms with Crippen LogP contribution in [0.3, 0.4) is 0 Å². The van der Waals surface area contributed by atoms with E-state index in [2.05, 4.69) is 24.1 Å². The van der Waals surface area contributed by atoms with Crippen molar-refractivity contribution in [2.45, 2.75) is 19.9 Å². The van der Waals surface area contributed by atoms with Crippen LogP contribution in [-0.4, -0.2) is 59.8 Å². The lowest BCUT2D eigenvalue weighted by Gasteiger charge is -2.34. The van der Waals surface area contributed by atoms with Gasteiger partial charge in [0.2, 0.25) is 0 Å². The average molecular weight is 314 g/mol. The summed E-state index contributed by atoms with van der Waals surface area (Å²) >= 11 is 1.25. The molecule has 1 unspecified atom stereocenters. The third-order valence-corrected chi connectivity index (χ3v) is 4.23. The Morgan fingerprint density at radius 1 is 1.67 bits per heavy atom. The Labute approximate surface area is 128 Å². The average Bonchev–Trinajstić information content (AvgIpc) is 2.85. The largest absolute Gasteiger partial charge is 0.394 e. The monoisotopic (exact) mass is 314 g/mol. The van der Waals surface area contributed by atoms with Gasteiger partial charge in [0.15, 0.2) is 5.13 Å². The normalized spacial score (nSPS) is 19.0. The second kappa shape index (κ2) is 7.06. The maximum absolute atomic E-state index is 12.6. The number of nitrogen functional groups attached to an aromatic ring is 1. The zero-order valence-electron chi connectivity index (χ0n) is 12.3. The molecule has 2 heterocycles. The first-order chi connectivity index (χ1) is 10.0. The van der Waals surface area contributed by atoms with E-state index in [0.29, 0.717) is 35.7 Å². The minimum absolute atomic E-state index is 0.122. The fraction of sp³-hybridized carbons (Fsp3) is 0.692. The van der Waals surface area contributed by atoms with Crippen LogP contribution in [0.25, 0.3) is 0 Å². The first kappa shape index (κ1) is 16.0. The smallest absolute Gasteiger partial charge is 0.268 e. The predicted molar refractivity (Wildman–Crippen MR) is 82.6 cm³/mol. The van der Waals surface area contributed by atoms with Crippen molar-refractivity contribution in [2.24, 2.45) is 5.92 Å². The summed E-state index contributed by atoms with van der Waals surface area (Å²) in [4.78, 5) is 18.8. The summed E-state index contributed by atoms with van der Waals surface area (Å²) < 4.78 is 5.28. The number of nitrogens with two attached hydrogens (primary N) is 1. The molecule has 1 aromatic heterocycles. The number of carbonyl (C=O) groups excluding carboxylic acids is 1. The predicted octanol–water partition coefficient (Wildman–Crippen LogP) is 0.627. The summed E-state index contributed by atoms with van der Waals surface area (Å²) in [5, 5.41) is 13.2. The molecule has 0 aliphatic carbocycles. The van der Waals surface area contributed by atoms with Gasteiger partial charge < -0.3 is 25.8 Å². The lowest BCUT2D eigenvalue weighted by molar-refractivity contribution is -0.0181. The fourth-order valence-electron chi connectivity index (χ4n) is 2.06. The van der Waals surface area contributed by atoms with E-state index in [9.17, 15) is 9.90 Å². The molecule has 1 atom stereocenters. The van der Waals surface area contributed by atoms with Crippen molar-refractivity contribution in [3.63, 3.8) is 0 Å². The van der Waals surface area contributed by atoms with Crippen molar-refractivity contribution in [2.75, 3.05) is 44.0 Å². The molecule has 0 radical (unpaired) electrons. The number of nitrogens with one attached hydrogen (secondary N) is 1. The SMILES string of the molecule is CC(C)CNc1nc(N)c(C(=O)N2CCOCC2CO)s1. The summed E-state index contributed by atoms with van der Waals surface area (Å²) in [5.74, 6) is 0.525. The molecule has 4 N–H and O–H groups in total. The number of amides is 1. The van der Waals surface area contributed by atoms with Crippen LogP contribution >= 0.6 is 11.3 Å². The van der Waals surface area contributed by atoms with Crippen LogP contribution in [0.15, 0.2) is 0 Å². The van der Waals surface area contributed by atoms with E-state index in [1.54, 1.807) is 4.90 Å². The summed E-state index contributed by atoms with van der Waals surface area (Å²) in [6.45, 7) is 6.11. The van der Waals surface area contributed by atoms with Gasteiger partial charge in [0.05, 0.1) is 25.9 Å². The quantitative estimate of drug-likeness (QED) is 0.737. The van der Waals surface area contributed by atoms with Gasteiger partial charge in [-0.25, -0.2) is 4.98 Å². The molecular formula is C13H22N4O3S. The molecule has 1 amide bonds. The van der Waals surface area contributed by atoms with Crippen molar-refractivity contribution < 1.29 is 14.6 Å². The molecule has 1 aromatic rings. The number of aliphatic hydroxyl groups is 1. The number of thiazole rings is 1. The molecule has 1 saturated heterocycles. The van der Waals surface area contributed by atoms with Gasteiger partial charge in [0.1, 0.15) is 10.7 Å². The van der Waals surface area contributed by atoms with Crippen LogP contribution in [0, 0.1) is 5.92 Å². The molecule has 21 heavy (non-hydrogen) atoms. The molecule has 0 spiro atoms. The zero-order chi connectivity index (χ0) is 15.4. The number of carbonyl (C=O) groups is 1. The maximum atomic E-state index is 12.6. The molecule has 0 bridgehead atoms. The van der Waals surface area contributed by atoms with Gasteiger partial charge in [0.25, 0.3) is 5.91 Å². The van der Waals surface area contributed by atoms with E-state index in [-0.39, 0.29) is 24.4 Å². The number of nitrogens with zero attached hydrogens (tertiary/aromatic N) is 2. The summed E-state index contributed by atoms with van der Waals surface area (Å²) in [5.41, 5.74) is 5.86. The maximum Gasteiger partial charge on any atom is 0.268 e. The Kier molecular flexibility index (Phi) is 5.38. The van der Waals surface area contributed by atoms with E-state index in [1.807, 2.05) is 0 Å². The van der Waals surface area contributed by atoms with Gasteiger partial charge >= 0.3 is 0 Å². The van der Waals surface area contributed by atoms with E-state index in [1.165, 1.54) is 11.3 Å². The van der Waals surface area contributed by atoms with E-state index >= 15 is 0 Å². The summed E-state index contributed by atoms with van der Waals surface area (Å²) in [7, 11) is 0. The Bertz CT molecular complexity index is 492. The number of rotatable bonds is 5. The Balaban J connectivity index is 2.11. The first-order valence-corrected chi connectivity index (χ1v) is 7.84. The topological polar surface area (TPSA) is 101 Å². The number of aliphatic hydroxyl groups excluding tert-OH is 1. The molecule has 118 valence electrons. The highest BCUT2D eigenvalue weighted by Gasteiger charge is 2.30. The molecule has 8 heteroatoms. The number of hydrogen-bond acceptors (Lipinski definition) is 7. The van der Waals surface area contributed by atoms with Gasteiger partial charge in [-0.15, -0.1) is 0 Å². The van der Waals surface area contributed by atoms with Crippen molar-refractivity contribution in [3.05, 3.63) is 4.88 Å². The molecular weight excluding hydrogens is 292 g/mol. The fourth-order valence-corrected chi connectivity index (χ4v) is 2.90. The van der Waals surface area contributed by atoms with Crippen LogP contribution in [-0.2, 0) is 4.74 Å². The van der Waals surface area contributed by atoms with Gasteiger partial charge in [-0.3, -0.25) is 4.79 Å². The van der Waals surface area contributed by atoms with Gasteiger partial charge in [-0.1, -0.05) is 25.2 Å². The molecule has 2 rings (SSSR count). The van der Waals surface area contributed by atoms with Crippen molar-refractivity contribution in [1.82, 2.24) is 9.88 Å². The number of aromatic nitrogens is 1. The van der Waals surface area contributed by atoms with Crippen LogP contribution < -0.4 is 11.1 Å². The number of morpholine rings is 1. The van der Waals surface area contributed by atoms with Gasteiger partial charge in [0, 0.05) is 13.1 Å². The van der Waals surface area contributed by atoms with Crippen molar-refractivity contribution in [3.8, 4) is 0 Å². The van der Waals surface area contributed by atoms with Crippen LogP contribution in [0.1, 0.15) is 23.5 Å². The molecule has 1 aliphatic heterocycles. The highest BCUT2D eigenvalue weighted by Crippen LogP contribution is 2.27. The van der Waals surface area contributed by atoms with Crippen LogP contribution in [0.5, 0.6) is 0 Å². The van der Waals surface area contributed by atoms with E-state index in [0.717, 1.165) is 6.54 Å². The van der Waals surface area contributed by atoms with Crippen LogP contribution in [0.4, 0.5) is 10.9 Å². The second-order valence-corrected chi connectivity index (χ2v) is 6.42. The zero-order valence-corrected chi connectivity index (χ0v) is 13.2. The second-order valence-electron chi connectivity index (χ2n) is 5.42. The highest BCUT2D eigenvalue weighted by atomic mass is 32.1. The molecule has 1 fully saturated rings. The lowest BCUT2D eigenvalue weighted by Crippen LogP contribution is -2.50. The Hall–Kier alpha value is -1.38. The van der Waals surface area contributed by atoms with Gasteiger partial charge in [-0.05, 0) is 5.92 Å². The standard InChI is InChI=1S/C13H22N4O3S/c1-8(2)5-15-13-16-11(14)10(21-13)12(19)17-3-4-20-7-9(17)6-18/h8-9,18H,3-7,14H2,1-2H3,(H,15,16). The highest BCUT2D eigenvalue weighted by molar-refractivity contribution is 7.18. The number of anilines is 2. The first-order valence-electron chi connectivity index (χ1n) is 7.02. The third kappa shape index (κ3) is 3.84. The minimum Gasteiger partial charge on any atom is -0.394 e. The Morgan fingerprint density at radius 2 is 2.43 bits per heavy atom. The molecule has 0 aromatic carbocycles. The van der Waals surface area contributed by atoms with E-state index < -0.39 is 0 Å². The summed E-state index contributed by atoms with van der Waals surface area (Å²) in [6, 6.07) is -0.320. The van der Waals surface area contributed by atoms with Crippen LogP contribution in [0.2, 0.25) is 0 Å². The molecule has 0 saturated carbocycles.